The molecule has 15 N–H and O–H groups in total. The summed E-state index contributed by atoms with van der Waals surface area (Å²) in [6, 6.07) is 4.43. The summed E-state index contributed by atoms with van der Waals surface area (Å²) in [5.74, 6) is -7.77. The molecule has 1 heterocycles. The van der Waals surface area contributed by atoms with E-state index < -0.39 is 120 Å². The molecule has 9 atom stereocenters. The maximum absolute atomic E-state index is 14.9. The van der Waals surface area contributed by atoms with Crippen molar-refractivity contribution in [3.8, 4) is 5.75 Å². The van der Waals surface area contributed by atoms with Crippen molar-refractivity contribution in [1.82, 2.24) is 37.2 Å². The number of ether oxygens (including phenoxy) is 1. The van der Waals surface area contributed by atoms with Gasteiger partial charge in [0.15, 0.2) is 5.78 Å². The third-order valence-electron chi connectivity index (χ3n) is 12.8. The Kier molecular flexibility index (Phi) is 25.7. The van der Waals surface area contributed by atoms with Crippen molar-refractivity contribution in [2.75, 3.05) is 24.6 Å². The van der Waals surface area contributed by atoms with Gasteiger partial charge in [0.25, 0.3) is 0 Å². The number of aliphatic hydroxyl groups is 1. The van der Waals surface area contributed by atoms with Gasteiger partial charge in [0.05, 0.1) is 18.2 Å². The lowest BCUT2D eigenvalue weighted by Gasteiger charge is -2.28. The average molecular weight is 1110 g/mol. The van der Waals surface area contributed by atoms with Crippen molar-refractivity contribution in [1.29, 1.82) is 0 Å². The minimum atomic E-state index is -1.55. The number of aromatic hydroxyl groups is 1. The number of ketones is 1. The Morgan fingerprint density at radius 1 is 0.831 bits per heavy atom. The standard InChI is InChI=1S/C53H78N10O12S2/c1-6-38-48(70)62-42(51(73)63-44(30(2)64)45(56)67)29-77-76-28-41(61-47(69)37(55)15-9-11-23-54)43(66)27-34(25-31-17-21-35(65)22-18-31)46(68)60-40(26-33-20-19-32-13-7-8-14-36(32)33)50(72)59-39(49(71)58-38)16-10-12-24-57-52(74)75-53(3,4)5/h7-8,13-14,17-18,20-22,30,34,37-42,44,64-65H,6,9-12,15-16,19,23-29,54-55H2,1-5H3,(H2,56,67)(H,57,74)(H,58,71)(H,59,72)(H,60,68)(H,61,69)(H,62,70)(H,63,73)/t30-,34-,37-,38+,39+,40-,41+,42+,44+/m1/s1. The third-order valence-corrected chi connectivity index (χ3v) is 15.2. The molecule has 0 saturated carbocycles. The number of benzene rings is 2. The summed E-state index contributed by atoms with van der Waals surface area (Å²) in [5.41, 5.74) is 19.8. The molecule has 0 radical (unpaired) electrons. The Bertz CT molecular complexity index is 2400. The van der Waals surface area contributed by atoms with Gasteiger partial charge in [-0.05, 0) is 120 Å². The van der Waals surface area contributed by atoms with Crippen molar-refractivity contribution >= 4 is 80.4 Å². The highest BCUT2D eigenvalue weighted by Crippen LogP contribution is 2.31. The number of phenols is 1. The summed E-state index contributed by atoms with van der Waals surface area (Å²) in [6.07, 6.45) is 1.90. The van der Waals surface area contributed by atoms with Crippen LogP contribution in [-0.4, -0.2) is 142 Å². The molecule has 4 rings (SSSR count). The molecule has 0 unspecified atom stereocenters. The molecule has 2 aliphatic rings. The summed E-state index contributed by atoms with van der Waals surface area (Å²) in [6.45, 7) is 8.55. The van der Waals surface area contributed by atoms with Gasteiger partial charge < -0.3 is 69.4 Å². The Balaban J connectivity index is 1.80. The van der Waals surface area contributed by atoms with E-state index in [-0.39, 0.29) is 62.3 Å². The van der Waals surface area contributed by atoms with Crippen LogP contribution in [0.25, 0.3) is 5.57 Å². The lowest BCUT2D eigenvalue weighted by atomic mass is 9.90. The molecule has 1 fully saturated rings. The van der Waals surface area contributed by atoms with Crippen molar-refractivity contribution in [2.24, 2.45) is 23.1 Å². The number of fused-ring (bicyclic) bond motifs is 1. The Labute approximate surface area is 457 Å². The number of carbonyl (C=O) groups is 9. The maximum atomic E-state index is 14.9. The van der Waals surface area contributed by atoms with E-state index in [9.17, 15) is 53.4 Å². The van der Waals surface area contributed by atoms with Gasteiger partial charge in [-0.2, -0.15) is 0 Å². The second-order valence-corrected chi connectivity index (χ2v) is 22.8. The summed E-state index contributed by atoms with van der Waals surface area (Å²) in [5, 5.41) is 39.3. The number of phenolic OH excluding ortho intramolecular Hbond substituents is 1. The first kappa shape index (κ1) is 63.3. The molecular weight excluding hydrogens is 1030 g/mol. The number of allylic oxidation sites excluding steroid dienone is 1. The molecule has 424 valence electrons. The number of carbonyl (C=O) groups excluding carboxylic acids is 9. The Morgan fingerprint density at radius 3 is 2.14 bits per heavy atom. The number of amides is 8. The summed E-state index contributed by atoms with van der Waals surface area (Å²) in [7, 11) is 2.07. The molecule has 0 aromatic heterocycles. The van der Waals surface area contributed by atoms with Gasteiger partial charge in [0.1, 0.15) is 41.6 Å². The molecule has 8 amide bonds. The minimum Gasteiger partial charge on any atom is -0.508 e. The number of aliphatic hydroxyl groups excluding tert-OH is 1. The first-order chi connectivity index (χ1) is 36.5. The summed E-state index contributed by atoms with van der Waals surface area (Å²) < 4.78 is 5.34. The van der Waals surface area contributed by atoms with Crippen molar-refractivity contribution < 1.29 is 58.1 Å². The molecular formula is C53H78N10O12S2. The van der Waals surface area contributed by atoms with Crippen LogP contribution in [0, 0.1) is 5.92 Å². The fourth-order valence-corrected chi connectivity index (χ4v) is 10.8. The highest BCUT2D eigenvalue weighted by atomic mass is 33.1. The van der Waals surface area contributed by atoms with Crippen LogP contribution in [0.15, 0.2) is 54.6 Å². The fraction of sp³-hybridized carbons (Fsp3) is 0.566. The fourth-order valence-electron chi connectivity index (χ4n) is 8.47. The van der Waals surface area contributed by atoms with E-state index in [0.29, 0.717) is 37.8 Å². The van der Waals surface area contributed by atoms with E-state index in [1.54, 1.807) is 39.8 Å². The molecule has 1 saturated heterocycles. The summed E-state index contributed by atoms with van der Waals surface area (Å²) >= 11 is 0. The van der Waals surface area contributed by atoms with Crippen molar-refractivity contribution in [3.63, 3.8) is 0 Å². The number of unbranched alkanes of at least 4 members (excludes halogenated alkanes) is 2. The van der Waals surface area contributed by atoms with Gasteiger partial charge in [-0.25, -0.2) is 4.79 Å². The smallest absolute Gasteiger partial charge is 0.407 e. The number of Topliss-reactive ketones (excluding diaryl/α,β-unsaturated/α-hetero) is 1. The van der Waals surface area contributed by atoms with Gasteiger partial charge in [-0.1, -0.05) is 77.4 Å². The predicted molar refractivity (Wildman–Crippen MR) is 294 cm³/mol. The van der Waals surface area contributed by atoms with Crippen LogP contribution in [-0.2, 0) is 55.9 Å². The molecule has 1 aliphatic carbocycles. The number of primary amides is 1. The molecule has 2 aromatic carbocycles. The average Bonchev–Trinajstić information content (AvgIpc) is 3.78. The Hall–Kier alpha value is -6.21. The number of nitrogens with two attached hydrogens (primary N) is 3. The predicted octanol–water partition coefficient (Wildman–Crippen LogP) is 1.27. The maximum Gasteiger partial charge on any atom is 0.407 e. The van der Waals surface area contributed by atoms with Crippen LogP contribution < -0.4 is 54.4 Å². The van der Waals surface area contributed by atoms with Crippen LogP contribution in [0.3, 0.4) is 0 Å². The highest BCUT2D eigenvalue weighted by molar-refractivity contribution is 8.76. The van der Waals surface area contributed by atoms with Gasteiger partial charge in [0.2, 0.25) is 41.4 Å². The number of hydrogen-bond donors (Lipinski definition) is 12. The first-order valence-electron chi connectivity index (χ1n) is 26.0. The molecule has 24 heteroatoms. The number of alkyl carbamates (subject to hydrolysis) is 1. The van der Waals surface area contributed by atoms with Gasteiger partial charge >= 0.3 is 6.09 Å². The van der Waals surface area contributed by atoms with Crippen LogP contribution in [0.1, 0.15) is 109 Å². The molecule has 2 aromatic rings. The normalized spacial score (nSPS) is 22.3. The second kappa shape index (κ2) is 31.3. The van der Waals surface area contributed by atoms with E-state index in [4.69, 9.17) is 21.9 Å². The van der Waals surface area contributed by atoms with Gasteiger partial charge in [-0.15, -0.1) is 0 Å². The van der Waals surface area contributed by atoms with Crippen LogP contribution in [0.5, 0.6) is 5.75 Å². The minimum absolute atomic E-state index is 0.00161. The molecule has 1 aliphatic heterocycles. The highest BCUT2D eigenvalue weighted by Gasteiger charge is 2.36. The third kappa shape index (κ3) is 21.3. The second-order valence-electron chi connectivity index (χ2n) is 20.3. The quantitative estimate of drug-likeness (QED) is 0.0656. The van der Waals surface area contributed by atoms with E-state index >= 15 is 0 Å². The largest absolute Gasteiger partial charge is 0.508 e. The van der Waals surface area contributed by atoms with E-state index in [1.165, 1.54) is 19.1 Å². The zero-order valence-corrected chi connectivity index (χ0v) is 46.2. The van der Waals surface area contributed by atoms with Crippen molar-refractivity contribution in [3.05, 3.63) is 71.3 Å². The number of rotatable bonds is 20. The Morgan fingerprint density at radius 2 is 1.48 bits per heavy atom. The lowest BCUT2D eigenvalue weighted by molar-refractivity contribution is -0.136. The van der Waals surface area contributed by atoms with Crippen LogP contribution in [0.4, 0.5) is 4.79 Å². The van der Waals surface area contributed by atoms with Gasteiger partial charge in [0, 0.05) is 36.8 Å². The van der Waals surface area contributed by atoms with Gasteiger partial charge in [-0.3, -0.25) is 38.4 Å². The monoisotopic (exact) mass is 1110 g/mol. The zero-order chi connectivity index (χ0) is 56.8. The molecule has 0 spiro atoms. The van der Waals surface area contributed by atoms with E-state index in [0.717, 1.165) is 38.3 Å². The van der Waals surface area contributed by atoms with Crippen molar-refractivity contribution in [2.45, 2.75) is 159 Å². The molecule has 0 bridgehead atoms. The first-order valence-corrected chi connectivity index (χ1v) is 28.5. The topological polar surface area (TPSA) is 366 Å². The van der Waals surface area contributed by atoms with E-state index in [1.807, 2.05) is 30.3 Å². The SMILES string of the molecule is CC[C@@H]1NC(=O)[C@H](CCCCNC(=O)OC(C)(C)C)NC(=O)[C@@H](CC2=CCc3ccccc32)NC(=O)[C@H](Cc2ccc(O)cc2)CC(=O)[C@@H](NC(=O)[C@H](N)CCCCN)CSSC[C@@H](C(=O)N[C@H](C(N)=O)[C@@H](C)O)NC1=O. The van der Waals surface area contributed by atoms with E-state index in [2.05, 4.69) is 37.2 Å². The van der Waals surface area contributed by atoms with Crippen LogP contribution >= 0.6 is 21.6 Å². The number of hydrogen-bond acceptors (Lipinski definition) is 16. The molecule has 22 nitrogen and oxygen atoms in total. The number of nitrogens with one attached hydrogen (secondary N) is 7. The summed E-state index contributed by atoms with van der Waals surface area (Å²) in [4.78, 5) is 125. The molecule has 77 heavy (non-hydrogen) atoms. The zero-order valence-electron chi connectivity index (χ0n) is 44.5. The lowest BCUT2D eigenvalue weighted by Crippen LogP contribution is -2.60. The van der Waals surface area contributed by atoms with Crippen LogP contribution in [0.2, 0.25) is 0 Å².